The van der Waals surface area contributed by atoms with Crippen LogP contribution in [0.25, 0.3) is 0 Å². The Balaban J connectivity index is 1.52. The summed E-state index contributed by atoms with van der Waals surface area (Å²) in [6.45, 7) is 2.96. The van der Waals surface area contributed by atoms with Crippen molar-refractivity contribution in [1.82, 2.24) is 20.1 Å². The van der Waals surface area contributed by atoms with Gasteiger partial charge in [0.2, 0.25) is 0 Å². The Morgan fingerprint density at radius 3 is 3.07 bits per heavy atom. The van der Waals surface area contributed by atoms with E-state index in [0.717, 1.165) is 25.9 Å². The summed E-state index contributed by atoms with van der Waals surface area (Å²) < 4.78 is 7.75. The Kier molecular flexibility index (Phi) is 5.48. The number of hydrogen-bond acceptors (Lipinski definition) is 8. The summed E-state index contributed by atoms with van der Waals surface area (Å²) in [6.07, 6.45) is 5.54. The monoisotopic (exact) mass is 396 g/mol. The van der Waals surface area contributed by atoms with Crippen molar-refractivity contribution in [2.24, 2.45) is 5.92 Å². The van der Waals surface area contributed by atoms with Crippen molar-refractivity contribution >= 4 is 23.2 Å². The van der Waals surface area contributed by atoms with E-state index in [4.69, 9.17) is 15.7 Å². The molecule has 0 aliphatic carbocycles. The molecule has 0 aromatic carbocycles. The molecule has 4 heterocycles. The van der Waals surface area contributed by atoms with Crippen molar-refractivity contribution in [1.29, 1.82) is 5.26 Å². The number of fused-ring (bicyclic) bond motifs is 1. The standard InChI is InChI=1S/C19H24N8O2/c20-5-1-12-9-24-18-16(17(21)26-27(18)11-12)19(28)25-14-10-23-8-4-15(14)29-13-2-6-22-7-3-13/h4,8,10,12-13,22,24H,1-3,6-7,9,11H2,(H2,21,26)(H,25,28). The van der Waals surface area contributed by atoms with E-state index in [0.29, 0.717) is 36.8 Å². The zero-order valence-corrected chi connectivity index (χ0v) is 16.0. The van der Waals surface area contributed by atoms with Crippen LogP contribution in [0.15, 0.2) is 18.5 Å². The first-order valence-corrected chi connectivity index (χ1v) is 9.75. The summed E-state index contributed by atoms with van der Waals surface area (Å²) >= 11 is 0. The van der Waals surface area contributed by atoms with Crippen LogP contribution < -0.4 is 26.4 Å². The maximum Gasteiger partial charge on any atom is 0.263 e. The van der Waals surface area contributed by atoms with Gasteiger partial charge in [-0.1, -0.05) is 0 Å². The SMILES string of the molecule is N#CCC1CNc2c(C(=O)Nc3cnccc3OC3CCNCC3)c(N)nn2C1. The maximum absolute atomic E-state index is 13.0. The van der Waals surface area contributed by atoms with E-state index >= 15 is 0 Å². The first kappa shape index (κ1) is 19.0. The molecule has 1 saturated heterocycles. The number of amides is 1. The molecule has 0 bridgehead atoms. The van der Waals surface area contributed by atoms with E-state index in [-0.39, 0.29) is 29.3 Å². The molecule has 152 valence electrons. The van der Waals surface area contributed by atoms with Crippen molar-refractivity contribution in [3.63, 3.8) is 0 Å². The van der Waals surface area contributed by atoms with Gasteiger partial charge in [-0.25, -0.2) is 4.68 Å². The number of nitriles is 1. The summed E-state index contributed by atoms with van der Waals surface area (Å²) in [4.78, 5) is 17.1. The van der Waals surface area contributed by atoms with Crippen LogP contribution in [0.1, 0.15) is 29.6 Å². The van der Waals surface area contributed by atoms with Crippen molar-refractivity contribution < 1.29 is 9.53 Å². The second-order valence-electron chi connectivity index (χ2n) is 7.29. The topological polar surface area (TPSA) is 143 Å². The van der Waals surface area contributed by atoms with Crippen LogP contribution in [-0.4, -0.2) is 46.4 Å². The molecule has 5 N–H and O–H groups in total. The van der Waals surface area contributed by atoms with Crippen LogP contribution in [0, 0.1) is 17.2 Å². The number of nitrogens with one attached hydrogen (secondary N) is 3. The molecule has 2 aromatic heterocycles. The highest BCUT2D eigenvalue weighted by molar-refractivity contribution is 6.11. The fourth-order valence-corrected chi connectivity index (χ4v) is 3.69. The highest BCUT2D eigenvalue weighted by atomic mass is 16.5. The Hall–Kier alpha value is -3.32. The van der Waals surface area contributed by atoms with E-state index < -0.39 is 0 Å². The van der Waals surface area contributed by atoms with Crippen molar-refractivity contribution in [3.05, 3.63) is 24.0 Å². The van der Waals surface area contributed by atoms with Crippen LogP contribution in [-0.2, 0) is 6.54 Å². The number of aromatic nitrogens is 3. The van der Waals surface area contributed by atoms with Gasteiger partial charge in [-0.15, -0.1) is 0 Å². The van der Waals surface area contributed by atoms with Gasteiger partial charge in [0.1, 0.15) is 28.9 Å². The number of carbonyl (C=O) groups excluding carboxylic acids is 1. The molecule has 0 radical (unpaired) electrons. The molecule has 1 fully saturated rings. The molecule has 0 spiro atoms. The van der Waals surface area contributed by atoms with E-state index in [9.17, 15) is 4.79 Å². The van der Waals surface area contributed by atoms with Gasteiger partial charge in [0.25, 0.3) is 5.91 Å². The molecular weight excluding hydrogens is 372 g/mol. The molecular formula is C19H24N8O2. The fraction of sp³-hybridized carbons (Fsp3) is 0.474. The average Bonchev–Trinajstić information content (AvgIpc) is 3.05. The summed E-state index contributed by atoms with van der Waals surface area (Å²) in [6, 6.07) is 3.92. The first-order valence-electron chi connectivity index (χ1n) is 9.75. The van der Waals surface area contributed by atoms with Gasteiger partial charge in [-0.2, -0.15) is 10.4 Å². The molecule has 1 amide bonds. The number of pyridine rings is 1. The summed E-state index contributed by atoms with van der Waals surface area (Å²) in [5.74, 6) is 1.05. The smallest absolute Gasteiger partial charge is 0.263 e. The van der Waals surface area contributed by atoms with E-state index in [1.807, 2.05) is 0 Å². The van der Waals surface area contributed by atoms with Crippen LogP contribution in [0.3, 0.4) is 0 Å². The van der Waals surface area contributed by atoms with Gasteiger partial charge in [-0.3, -0.25) is 9.78 Å². The molecule has 10 nitrogen and oxygen atoms in total. The second kappa shape index (κ2) is 8.36. The van der Waals surface area contributed by atoms with E-state index in [1.165, 1.54) is 0 Å². The molecule has 1 atom stereocenters. The molecule has 2 aliphatic heterocycles. The highest BCUT2D eigenvalue weighted by Gasteiger charge is 2.28. The molecule has 2 aromatic rings. The van der Waals surface area contributed by atoms with Crippen molar-refractivity contribution in [2.45, 2.75) is 31.9 Å². The highest BCUT2D eigenvalue weighted by Crippen LogP contribution is 2.30. The zero-order chi connectivity index (χ0) is 20.2. The van der Waals surface area contributed by atoms with Gasteiger partial charge in [0.05, 0.1) is 12.3 Å². The number of nitrogen functional groups attached to an aromatic ring is 1. The second-order valence-corrected chi connectivity index (χ2v) is 7.29. The third kappa shape index (κ3) is 4.09. The Morgan fingerprint density at radius 1 is 1.45 bits per heavy atom. The molecule has 29 heavy (non-hydrogen) atoms. The minimum Gasteiger partial charge on any atom is -0.488 e. The maximum atomic E-state index is 13.0. The Labute approximate surface area is 168 Å². The zero-order valence-electron chi connectivity index (χ0n) is 16.0. The molecule has 2 aliphatic rings. The number of carbonyl (C=O) groups is 1. The number of piperidine rings is 1. The molecule has 0 saturated carbocycles. The van der Waals surface area contributed by atoms with Crippen molar-refractivity contribution in [3.8, 4) is 11.8 Å². The summed E-state index contributed by atoms with van der Waals surface area (Å²) in [5.41, 5.74) is 6.81. The number of hydrogen-bond donors (Lipinski definition) is 4. The van der Waals surface area contributed by atoms with Gasteiger partial charge in [0.15, 0.2) is 5.82 Å². The lowest BCUT2D eigenvalue weighted by molar-refractivity contribution is 0.102. The Morgan fingerprint density at radius 2 is 2.28 bits per heavy atom. The first-order chi connectivity index (χ1) is 14.2. The lowest BCUT2D eigenvalue weighted by Crippen LogP contribution is -2.34. The van der Waals surface area contributed by atoms with Crippen LogP contribution >= 0.6 is 0 Å². The average molecular weight is 396 g/mol. The van der Waals surface area contributed by atoms with E-state index in [2.05, 4.69) is 32.1 Å². The summed E-state index contributed by atoms with van der Waals surface area (Å²) in [5, 5.41) is 22.5. The number of anilines is 3. The molecule has 10 heteroatoms. The van der Waals surface area contributed by atoms with E-state index in [1.54, 1.807) is 23.1 Å². The third-order valence-electron chi connectivity index (χ3n) is 5.18. The van der Waals surface area contributed by atoms with Gasteiger partial charge >= 0.3 is 0 Å². The predicted molar refractivity (Wildman–Crippen MR) is 108 cm³/mol. The number of nitrogens with zero attached hydrogens (tertiary/aromatic N) is 4. The third-order valence-corrected chi connectivity index (χ3v) is 5.18. The summed E-state index contributed by atoms with van der Waals surface area (Å²) in [7, 11) is 0. The van der Waals surface area contributed by atoms with Crippen molar-refractivity contribution in [2.75, 3.05) is 36.0 Å². The van der Waals surface area contributed by atoms with Crippen LogP contribution in [0.4, 0.5) is 17.3 Å². The van der Waals surface area contributed by atoms with Gasteiger partial charge in [0, 0.05) is 37.7 Å². The minimum absolute atomic E-state index is 0.0991. The van der Waals surface area contributed by atoms with Gasteiger partial charge < -0.3 is 26.4 Å². The van der Waals surface area contributed by atoms with Crippen LogP contribution in [0.5, 0.6) is 5.75 Å². The predicted octanol–water partition coefficient (Wildman–Crippen LogP) is 1.20. The minimum atomic E-state index is -0.377. The quantitative estimate of drug-likeness (QED) is 0.590. The number of ether oxygens (including phenoxy) is 1. The Bertz CT molecular complexity index is 929. The fourth-order valence-electron chi connectivity index (χ4n) is 3.69. The molecule has 4 rings (SSSR count). The lowest BCUT2D eigenvalue weighted by Gasteiger charge is -2.25. The number of rotatable bonds is 5. The lowest BCUT2D eigenvalue weighted by atomic mass is 10.0. The van der Waals surface area contributed by atoms with Crippen LogP contribution in [0.2, 0.25) is 0 Å². The largest absolute Gasteiger partial charge is 0.488 e. The molecule has 1 unspecified atom stereocenters. The van der Waals surface area contributed by atoms with Gasteiger partial charge in [-0.05, 0) is 25.9 Å². The number of nitrogens with two attached hydrogens (primary N) is 1. The normalized spacial score (nSPS) is 18.9.